The van der Waals surface area contributed by atoms with Gasteiger partial charge in [0.1, 0.15) is 46.0 Å². The smallest absolute Gasteiger partial charge is 0.343 e. The number of esters is 8. The van der Waals surface area contributed by atoms with Gasteiger partial charge in [-0.25, -0.2) is 38.4 Å². The summed E-state index contributed by atoms with van der Waals surface area (Å²) in [5.74, 6) is -4.76. The Balaban J connectivity index is 1.13. The van der Waals surface area contributed by atoms with Gasteiger partial charge < -0.3 is 68.3 Å². The van der Waals surface area contributed by atoms with Gasteiger partial charge in [0.25, 0.3) is 11.8 Å². The maximum Gasteiger partial charge on any atom is 0.343 e. The van der Waals surface area contributed by atoms with Gasteiger partial charge in [-0.15, -0.1) is 0 Å². The minimum Gasteiger partial charge on any atom is -0.494 e. The van der Waals surface area contributed by atoms with Gasteiger partial charge in [-0.1, -0.05) is 213 Å². The number of amides is 2. The number of benzene rings is 6. The summed E-state index contributed by atoms with van der Waals surface area (Å²) < 4.78 is 68.5. The van der Waals surface area contributed by atoms with Crippen LogP contribution in [0.2, 0.25) is 0 Å². The summed E-state index contributed by atoms with van der Waals surface area (Å²) in [6.07, 6.45) is 42.8. The second kappa shape index (κ2) is 64.0. The van der Waals surface area contributed by atoms with Crippen LogP contribution in [0.5, 0.6) is 46.0 Å². The van der Waals surface area contributed by atoms with Gasteiger partial charge in [0, 0.05) is 24.3 Å². The van der Waals surface area contributed by atoms with E-state index < -0.39 is 59.6 Å². The summed E-state index contributed by atoms with van der Waals surface area (Å²) in [6, 6.07) is 31.5. The highest BCUT2D eigenvalue weighted by Crippen LogP contribution is 2.36. The van der Waals surface area contributed by atoms with Crippen molar-refractivity contribution in [3.63, 3.8) is 0 Å². The predicted octanol–water partition coefficient (Wildman–Crippen LogP) is 22.2. The fourth-order valence-corrected chi connectivity index (χ4v) is 14.1. The number of carbonyl (C=O) groups excluding carboxylic acids is 10. The second-order valence-corrected chi connectivity index (χ2v) is 31.5. The first-order chi connectivity index (χ1) is 61.9. The Hall–Kier alpha value is -11.8. The van der Waals surface area contributed by atoms with Crippen molar-refractivity contribution in [1.82, 2.24) is 0 Å². The molecule has 0 aliphatic rings. The SMILES string of the molecule is C=CC(=O)OCCCCCCCCCCCOc1ccc(C(=O)Oc2cc(CCCCCc3cc(OC(=O)c4ccc(OCCCCCCCCCCCOC(=O)C=C)cc4)cc(C(N)=O)c3OC(=O)c3ccc(OCCCCCCCCCCCOC(=O)C=C)cc3)c(OC(=O)c3ccc(OCCCCCCCCCCCOC(=O)C=C)cc3)c(C(N)=O)c2)cc1. The van der Waals surface area contributed by atoms with E-state index >= 15 is 0 Å². The molecule has 127 heavy (non-hydrogen) atoms. The number of unbranched alkanes of at least 4 members (excludes halogenated alkanes) is 34. The third-order valence-electron chi connectivity index (χ3n) is 21.2. The van der Waals surface area contributed by atoms with Crippen molar-refractivity contribution in [3.8, 4) is 46.0 Å². The number of primary amides is 2. The molecule has 24 nitrogen and oxygen atoms in total. The number of nitrogens with two attached hydrogens (primary N) is 2. The Morgan fingerprint density at radius 3 is 0.622 bits per heavy atom. The molecule has 0 saturated carbocycles. The molecule has 0 aromatic heterocycles. The van der Waals surface area contributed by atoms with Crippen LogP contribution < -0.4 is 49.4 Å². The van der Waals surface area contributed by atoms with Crippen LogP contribution in [0.4, 0.5) is 0 Å². The Bertz CT molecular complexity index is 4070. The van der Waals surface area contributed by atoms with Gasteiger partial charge in [0.2, 0.25) is 0 Å². The molecule has 0 bridgehead atoms. The topological polar surface area (TPSA) is 333 Å². The molecule has 6 aromatic carbocycles. The minimum absolute atomic E-state index is 0.0484. The molecule has 0 unspecified atom stereocenters. The molecule has 688 valence electrons. The van der Waals surface area contributed by atoms with Crippen LogP contribution in [0, 0.1) is 0 Å². The van der Waals surface area contributed by atoms with Gasteiger partial charge in [0.15, 0.2) is 0 Å². The number of carbonyl (C=O) groups is 10. The van der Waals surface area contributed by atoms with Gasteiger partial charge in [-0.3, -0.25) is 9.59 Å². The van der Waals surface area contributed by atoms with Gasteiger partial charge in [-0.05, 0) is 210 Å². The Labute approximate surface area is 750 Å². The van der Waals surface area contributed by atoms with Crippen LogP contribution in [-0.4, -0.2) is 112 Å². The molecule has 0 saturated heterocycles. The fourth-order valence-electron chi connectivity index (χ4n) is 14.1. The minimum atomic E-state index is -0.967. The molecule has 0 aliphatic carbocycles. The molecule has 0 radical (unpaired) electrons. The highest BCUT2D eigenvalue weighted by molar-refractivity contribution is 6.01. The molecule has 0 atom stereocenters. The summed E-state index contributed by atoms with van der Waals surface area (Å²) in [7, 11) is 0. The maximum atomic E-state index is 14.2. The summed E-state index contributed by atoms with van der Waals surface area (Å²) >= 11 is 0. The van der Waals surface area contributed by atoms with E-state index in [0.717, 1.165) is 231 Å². The Morgan fingerprint density at radius 2 is 0.417 bits per heavy atom. The van der Waals surface area contributed by atoms with E-state index in [9.17, 15) is 47.9 Å². The molecule has 0 fully saturated rings. The van der Waals surface area contributed by atoms with E-state index in [4.69, 9.17) is 68.3 Å². The van der Waals surface area contributed by atoms with Crippen molar-refractivity contribution in [1.29, 1.82) is 0 Å². The third-order valence-corrected chi connectivity index (χ3v) is 21.2. The molecule has 6 rings (SSSR count). The Morgan fingerprint density at radius 1 is 0.228 bits per heavy atom. The lowest BCUT2D eigenvalue weighted by Crippen LogP contribution is -2.18. The van der Waals surface area contributed by atoms with Crippen molar-refractivity contribution in [2.45, 2.75) is 263 Å². The van der Waals surface area contributed by atoms with Crippen molar-refractivity contribution in [2.24, 2.45) is 11.5 Å². The van der Waals surface area contributed by atoms with Crippen molar-refractivity contribution in [2.75, 3.05) is 52.9 Å². The molecule has 24 heteroatoms. The average Bonchev–Trinajstić information content (AvgIpc) is 0.804. The highest BCUT2D eigenvalue weighted by Gasteiger charge is 2.26. The fraction of sp³-hybridized carbons (Fsp3) is 0.476. The second-order valence-electron chi connectivity index (χ2n) is 31.5. The number of ether oxygens (including phenoxy) is 12. The third kappa shape index (κ3) is 44.3. The zero-order chi connectivity index (χ0) is 91.1. The van der Waals surface area contributed by atoms with Crippen LogP contribution in [0.15, 0.2) is 172 Å². The average molecular weight is 1750 g/mol. The summed E-state index contributed by atoms with van der Waals surface area (Å²) in [6.45, 7) is 17.2. The quantitative estimate of drug-likeness (QED) is 0.0118. The number of aryl methyl sites for hydroxylation is 2. The van der Waals surface area contributed by atoms with E-state index in [1.807, 2.05) is 0 Å². The summed E-state index contributed by atoms with van der Waals surface area (Å²) in [5, 5.41) is 0. The number of hydrogen-bond acceptors (Lipinski definition) is 22. The zero-order valence-corrected chi connectivity index (χ0v) is 74.5. The van der Waals surface area contributed by atoms with E-state index in [1.54, 1.807) is 97.1 Å². The normalized spacial score (nSPS) is 10.8. The lowest BCUT2D eigenvalue weighted by atomic mass is 9.98. The van der Waals surface area contributed by atoms with Crippen LogP contribution in [0.25, 0.3) is 0 Å². The lowest BCUT2D eigenvalue weighted by molar-refractivity contribution is -0.138. The van der Waals surface area contributed by atoms with E-state index in [0.29, 0.717) is 106 Å². The first-order valence-electron chi connectivity index (χ1n) is 45.8. The molecule has 0 spiro atoms. The van der Waals surface area contributed by atoms with Gasteiger partial charge >= 0.3 is 47.8 Å². The molecule has 0 aliphatic heterocycles. The standard InChI is InChI=1S/C103H134N2O22/c1-5-92(106)120-70-44-33-25-17-9-13-21-29-40-66-116-84-58-50-78(51-59-84)100(112)124-88-74-82(96(90(76-88)98(104)110)126-102(114)80-54-62-86(63-55-80)118-68-42-31-23-15-11-19-27-35-46-72-122-94(108)7-3)48-38-37-39-49-83-75-89(125-101(113)79-52-60-85(61-53-79)117-67-41-30-22-14-10-18-26-34-45-71-121-93(107)6-2)77-91(99(105)111)97(83)127-103(115)81-56-64-87(65-57-81)119-69-43-32-24-16-12-20-28-36-47-73-123-95(109)8-4/h5-8,50-65,74-77H,1-4,9-49,66-73H2,(H2,104,110)(H2,105,111). The molecule has 0 heterocycles. The maximum absolute atomic E-state index is 14.2. The molecule has 2 amide bonds. The first-order valence-corrected chi connectivity index (χ1v) is 45.8. The van der Waals surface area contributed by atoms with E-state index in [2.05, 4.69) is 26.3 Å². The van der Waals surface area contributed by atoms with Gasteiger partial charge in [0.05, 0.1) is 86.2 Å². The van der Waals surface area contributed by atoms with Crippen LogP contribution in [-0.2, 0) is 51.0 Å². The lowest BCUT2D eigenvalue weighted by Gasteiger charge is -2.17. The van der Waals surface area contributed by atoms with E-state index in [-0.39, 0.29) is 69.2 Å². The highest BCUT2D eigenvalue weighted by atomic mass is 16.6. The van der Waals surface area contributed by atoms with Crippen molar-refractivity contribution in [3.05, 3.63) is 216 Å². The summed E-state index contributed by atoms with van der Waals surface area (Å²) in [5.41, 5.74) is 13.0. The summed E-state index contributed by atoms with van der Waals surface area (Å²) in [4.78, 5) is 129. The van der Waals surface area contributed by atoms with Crippen molar-refractivity contribution >= 4 is 59.6 Å². The van der Waals surface area contributed by atoms with Crippen LogP contribution in [0.3, 0.4) is 0 Å². The van der Waals surface area contributed by atoms with Crippen LogP contribution in [0.1, 0.15) is 324 Å². The largest absolute Gasteiger partial charge is 0.494 e. The molecule has 4 N–H and O–H groups in total. The number of hydrogen-bond donors (Lipinski definition) is 2. The van der Waals surface area contributed by atoms with Crippen molar-refractivity contribution < 1.29 is 105 Å². The predicted molar refractivity (Wildman–Crippen MR) is 490 cm³/mol. The first kappa shape index (κ1) is 104. The number of rotatable bonds is 72. The van der Waals surface area contributed by atoms with E-state index in [1.165, 1.54) is 48.6 Å². The monoisotopic (exact) mass is 1750 g/mol. The van der Waals surface area contributed by atoms with Crippen LogP contribution >= 0.6 is 0 Å². The van der Waals surface area contributed by atoms with Gasteiger partial charge in [-0.2, -0.15) is 0 Å². The molecular weight excluding hydrogens is 1620 g/mol. The molecule has 6 aromatic rings. The zero-order valence-electron chi connectivity index (χ0n) is 74.5. The molecular formula is C103H134N2O22. The Kier molecular flexibility index (Phi) is 52.4.